The maximum atomic E-state index is 12.5. The normalized spacial score (nSPS) is 11.8. The van der Waals surface area contributed by atoms with Gasteiger partial charge in [-0.25, -0.2) is 13.1 Å². The summed E-state index contributed by atoms with van der Waals surface area (Å²) in [5, 5.41) is 1.92. The molecule has 0 unspecified atom stereocenters. The van der Waals surface area contributed by atoms with E-state index in [0.717, 1.165) is 39.4 Å². The Morgan fingerprint density at radius 3 is 2.66 bits per heavy atom. The Hall–Kier alpha value is -3.26. The summed E-state index contributed by atoms with van der Waals surface area (Å²) in [6.07, 6.45) is 4.07. The Morgan fingerprint density at radius 1 is 1.03 bits per heavy atom. The van der Waals surface area contributed by atoms with Crippen molar-refractivity contribution in [1.29, 1.82) is 0 Å². The fourth-order valence-corrected chi connectivity index (χ4v) is 3.93. The number of fused-ring (bicyclic) bond motifs is 2. The van der Waals surface area contributed by atoms with Crippen LogP contribution in [0, 0.1) is 0 Å². The van der Waals surface area contributed by atoms with Gasteiger partial charge in [0.05, 0.1) is 12.9 Å². The number of hydrogen-bond acceptors (Lipinski definition) is 4. The zero-order chi connectivity index (χ0) is 20.4. The van der Waals surface area contributed by atoms with Gasteiger partial charge in [0, 0.05) is 28.0 Å². The van der Waals surface area contributed by atoms with Crippen molar-refractivity contribution in [2.75, 3.05) is 12.9 Å². The standard InChI is InChI=1S/C21H21N3O4S/c1-29(26,27)24-21(25)20-15(14-6-2-3-8-18(14)23-20)7-5-13-28-19-10-4-9-17-16(19)11-12-22-17/h2-4,6,8-12,22-23H,5,7,13H2,1H3,(H,24,25). The number of carbonyl (C=O) groups excluding carboxylic acids is 1. The van der Waals surface area contributed by atoms with E-state index in [0.29, 0.717) is 19.4 Å². The third-order valence-electron chi connectivity index (χ3n) is 4.70. The first-order chi connectivity index (χ1) is 13.9. The Kier molecular flexibility index (Phi) is 5.02. The van der Waals surface area contributed by atoms with Crippen LogP contribution in [0.4, 0.5) is 0 Å². The van der Waals surface area contributed by atoms with Gasteiger partial charge in [-0.15, -0.1) is 0 Å². The van der Waals surface area contributed by atoms with Crippen LogP contribution in [0.1, 0.15) is 22.5 Å². The number of sulfonamides is 1. The van der Waals surface area contributed by atoms with Crippen molar-refractivity contribution in [3.05, 3.63) is 66.0 Å². The molecule has 0 fully saturated rings. The number of hydrogen-bond donors (Lipinski definition) is 3. The van der Waals surface area contributed by atoms with Crippen molar-refractivity contribution >= 4 is 37.7 Å². The van der Waals surface area contributed by atoms with E-state index in [1.54, 1.807) is 0 Å². The third-order valence-corrected chi connectivity index (χ3v) is 5.26. The largest absolute Gasteiger partial charge is 0.493 e. The van der Waals surface area contributed by atoms with E-state index in [9.17, 15) is 13.2 Å². The molecule has 0 aliphatic carbocycles. The quantitative estimate of drug-likeness (QED) is 0.406. The summed E-state index contributed by atoms with van der Waals surface area (Å²) in [4.78, 5) is 18.7. The molecule has 0 aliphatic rings. The lowest BCUT2D eigenvalue weighted by Gasteiger charge is -2.08. The molecule has 4 rings (SSSR count). The lowest BCUT2D eigenvalue weighted by atomic mass is 10.1. The molecule has 29 heavy (non-hydrogen) atoms. The summed E-state index contributed by atoms with van der Waals surface area (Å²) in [6.45, 7) is 0.469. The summed E-state index contributed by atoms with van der Waals surface area (Å²) < 4.78 is 30.9. The van der Waals surface area contributed by atoms with E-state index in [2.05, 4.69) is 9.97 Å². The summed E-state index contributed by atoms with van der Waals surface area (Å²) >= 11 is 0. The summed E-state index contributed by atoms with van der Waals surface area (Å²) in [6, 6.07) is 15.3. The second-order valence-corrected chi connectivity index (χ2v) is 8.62. The molecule has 7 nitrogen and oxygen atoms in total. The van der Waals surface area contributed by atoms with Gasteiger partial charge in [0.2, 0.25) is 10.0 Å². The molecule has 8 heteroatoms. The minimum atomic E-state index is -3.65. The number of H-pyrrole nitrogens is 2. The number of aromatic nitrogens is 2. The molecule has 0 aliphatic heterocycles. The fourth-order valence-electron chi connectivity index (χ4n) is 3.49. The maximum absolute atomic E-state index is 12.5. The number of amides is 1. The summed E-state index contributed by atoms with van der Waals surface area (Å²) in [5.74, 6) is 0.148. The summed E-state index contributed by atoms with van der Waals surface area (Å²) in [7, 11) is -3.65. The van der Waals surface area contributed by atoms with Crippen molar-refractivity contribution in [3.63, 3.8) is 0 Å². The van der Waals surface area contributed by atoms with E-state index < -0.39 is 15.9 Å². The molecule has 0 saturated carbocycles. The number of nitrogens with one attached hydrogen (secondary N) is 3. The van der Waals surface area contributed by atoms with Gasteiger partial charge in [-0.3, -0.25) is 4.79 Å². The highest BCUT2D eigenvalue weighted by Crippen LogP contribution is 2.26. The first kappa shape index (κ1) is 19.1. The first-order valence-corrected chi connectivity index (χ1v) is 11.1. The second kappa shape index (κ2) is 7.63. The monoisotopic (exact) mass is 411 g/mol. The zero-order valence-corrected chi connectivity index (χ0v) is 16.7. The van der Waals surface area contributed by atoms with Gasteiger partial charge >= 0.3 is 0 Å². The van der Waals surface area contributed by atoms with Gasteiger partial charge < -0.3 is 14.7 Å². The van der Waals surface area contributed by atoms with E-state index in [1.165, 1.54) is 0 Å². The number of carbonyl (C=O) groups is 1. The highest BCUT2D eigenvalue weighted by Gasteiger charge is 2.20. The van der Waals surface area contributed by atoms with Crippen LogP contribution in [0.2, 0.25) is 0 Å². The Labute approximate surface area is 168 Å². The van der Waals surface area contributed by atoms with Crippen molar-refractivity contribution in [2.24, 2.45) is 0 Å². The van der Waals surface area contributed by atoms with E-state index in [-0.39, 0.29) is 5.69 Å². The minimum Gasteiger partial charge on any atom is -0.493 e. The van der Waals surface area contributed by atoms with Gasteiger partial charge in [0.15, 0.2) is 0 Å². The smallest absolute Gasteiger partial charge is 0.281 e. The van der Waals surface area contributed by atoms with E-state index >= 15 is 0 Å². The summed E-state index contributed by atoms with van der Waals surface area (Å²) in [5.41, 5.74) is 2.85. The van der Waals surface area contributed by atoms with Crippen LogP contribution in [0.3, 0.4) is 0 Å². The molecule has 0 atom stereocenters. The first-order valence-electron chi connectivity index (χ1n) is 9.23. The van der Waals surface area contributed by atoms with Crippen LogP contribution in [0.5, 0.6) is 5.75 Å². The molecular weight excluding hydrogens is 390 g/mol. The van der Waals surface area contributed by atoms with Crippen molar-refractivity contribution in [2.45, 2.75) is 12.8 Å². The molecule has 3 N–H and O–H groups in total. The van der Waals surface area contributed by atoms with Crippen LogP contribution >= 0.6 is 0 Å². The highest BCUT2D eigenvalue weighted by molar-refractivity contribution is 7.89. The molecule has 0 bridgehead atoms. The van der Waals surface area contributed by atoms with E-state index in [4.69, 9.17) is 4.74 Å². The lowest BCUT2D eigenvalue weighted by Crippen LogP contribution is -2.30. The molecule has 150 valence electrons. The van der Waals surface area contributed by atoms with E-state index in [1.807, 2.05) is 59.4 Å². The Morgan fingerprint density at radius 2 is 1.83 bits per heavy atom. The minimum absolute atomic E-state index is 0.268. The van der Waals surface area contributed by atoms with Crippen LogP contribution < -0.4 is 9.46 Å². The average Bonchev–Trinajstić information content (AvgIpc) is 3.29. The molecule has 0 radical (unpaired) electrons. The zero-order valence-electron chi connectivity index (χ0n) is 15.9. The van der Waals surface area contributed by atoms with Gasteiger partial charge in [-0.05, 0) is 42.7 Å². The predicted octanol–water partition coefficient (Wildman–Crippen LogP) is 3.35. The van der Waals surface area contributed by atoms with Gasteiger partial charge in [-0.2, -0.15) is 0 Å². The van der Waals surface area contributed by atoms with Crippen molar-refractivity contribution in [3.8, 4) is 5.75 Å². The number of aryl methyl sites for hydroxylation is 1. The van der Waals surface area contributed by atoms with Gasteiger partial charge in [0.1, 0.15) is 11.4 Å². The molecular formula is C21H21N3O4S. The topological polar surface area (TPSA) is 104 Å². The molecule has 1 amide bonds. The SMILES string of the molecule is CS(=O)(=O)NC(=O)c1[nH]c2ccccc2c1CCCOc1cccc2[nH]ccc12. The third kappa shape index (κ3) is 4.12. The van der Waals surface area contributed by atoms with Crippen molar-refractivity contribution < 1.29 is 17.9 Å². The second-order valence-electron chi connectivity index (χ2n) is 6.87. The Bertz CT molecular complexity index is 1290. The molecule has 0 spiro atoms. The molecule has 2 aromatic heterocycles. The fraction of sp³-hybridized carbons (Fsp3) is 0.190. The maximum Gasteiger partial charge on any atom is 0.281 e. The number of rotatable bonds is 7. The van der Waals surface area contributed by atoms with Crippen LogP contribution in [0.25, 0.3) is 21.8 Å². The predicted molar refractivity (Wildman–Crippen MR) is 113 cm³/mol. The highest BCUT2D eigenvalue weighted by atomic mass is 32.2. The average molecular weight is 411 g/mol. The van der Waals surface area contributed by atoms with Gasteiger partial charge in [-0.1, -0.05) is 24.3 Å². The van der Waals surface area contributed by atoms with Crippen LogP contribution in [-0.4, -0.2) is 37.2 Å². The van der Waals surface area contributed by atoms with Crippen LogP contribution in [0.15, 0.2) is 54.7 Å². The lowest BCUT2D eigenvalue weighted by molar-refractivity contribution is 0.0976. The molecule has 4 aromatic rings. The number of ether oxygens (including phenoxy) is 1. The molecule has 2 heterocycles. The van der Waals surface area contributed by atoms with Gasteiger partial charge in [0.25, 0.3) is 5.91 Å². The molecule has 2 aromatic carbocycles. The number of para-hydroxylation sites is 1. The number of aromatic amines is 2. The molecule has 0 saturated heterocycles. The van der Waals surface area contributed by atoms with Crippen LogP contribution in [-0.2, 0) is 16.4 Å². The van der Waals surface area contributed by atoms with Crippen molar-refractivity contribution in [1.82, 2.24) is 14.7 Å². The number of benzene rings is 2. The Balaban J connectivity index is 1.52.